The van der Waals surface area contributed by atoms with Gasteiger partial charge in [-0.25, -0.2) is 6.61 Å². The van der Waals surface area contributed by atoms with Gasteiger partial charge in [0.1, 0.15) is 5.75 Å². The van der Waals surface area contributed by atoms with Crippen LogP contribution in [-0.2, 0) is 4.74 Å². The van der Waals surface area contributed by atoms with Gasteiger partial charge in [0.2, 0.25) is 0 Å². The topological polar surface area (TPSA) is 38.7 Å². The van der Waals surface area contributed by atoms with Gasteiger partial charge >= 0.3 is 68.9 Å². The Hall–Kier alpha value is 0.932. The number of aliphatic hydroxyl groups is 1. The molecule has 1 aliphatic rings. The van der Waals surface area contributed by atoms with Crippen LogP contribution < -0.4 is 73.6 Å². The van der Waals surface area contributed by atoms with Gasteiger partial charge < -0.3 is 14.6 Å². The number of hydrogen-bond donors (Lipinski definition) is 1. The summed E-state index contributed by atoms with van der Waals surface area (Å²) in [4.78, 5) is 0. The third kappa shape index (κ3) is 5.96. The summed E-state index contributed by atoms with van der Waals surface area (Å²) < 4.78 is 11.2. The minimum absolute atomic E-state index is 0. The van der Waals surface area contributed by atoms with E-state index in [1.807, 2.05) is 31.2 Å². The molecule has 1 N–H and O–H groups in total. The summed E-state index contributed by atoms with van der Waals surface area (Å²) in [7, 11) is 2.86. The van der Waals surface area contributed by atoms with Crippen LogP contribution in [-0.4, -0.2) is 17.8 Å². The van der Waals surface area contributed by atoms with Gasteiger partial charge in [-0.05, 0) is 48.2 Å². The first-order chi connectivity index (χ1) is 12.1. The number of halogens is 1. The van der Waals surface area contributed by atoms with Crippen molar-refractivity contribution in [3.05, 3.63) is 70.8 Å². The van der Waals surface area contributed by atoms with Crippen molar-refractivity contribution >= 4 is 20.8 Å². The second kappa shape index (κ2) is 11.2. The molecule has 2 aromatic rings. The van der Waals surface area contributed by atoms with Crippen LogP contribution in [0.2, 0.25) is 5.02 Å². The van der Waals surface area contributed by atoms with Gasteiger partial charge in [-0.3, -0.25) is 0 Å². The molecule has 3 unspecified atom stereocenters. The Morgan fingerprint density at radius 3 is 2.69 bits per heavy atom. The van der Waals surface area contributed by atoms with E-state index in [9.17, 15) is 5.11 Å². The maximum Gasteiger partial charge on any atom is 1.00 e. The van der Waals surface area contributed by atoms with Crippen molar-refractivity contribution < 1.29 is 83.5 Å². The minimum atomic E-state index is -0.351. The molecular weight excluding hydrogens is 488 g/mol. The van der Waals surface area contributed by atoms with Crippen molar-refractivity contribution in [2.24, 2.45) is 0 Å². The summed E-state index contributed by atoms with van der Waals surface area (Å²) in [6.07, 6.45) is 0.699. The molecule has 0 amide bonds. The second-order valence-electron chi connectivity index (χ2n) is 6.18. The molecule has 1 aliphatic heterocycles. The zero-order valence-corrected chi connectivity index (χ0v) is 23.4. The van der Waals surface area contributed by atoms with Crippen LogP contribution in [0.3, 0.4) is 0 Å². The third-order valence-corrected chi connectivity index (χ3v) is 5.48. The van der Waals surface area contributed by atoms with E-state index < -0.39 is 0 Å². The maximum absolute atomic E-state index is 9.87. The first-order valence-corrected chi connectivity index (χ1v) is 9.55. The van der Waals surface area contributed by atoms with Crippen molar-refractivity contribution in [1.29, 1.82) is 0 Å². The average molecular weight is 511 g/mol. The van der Waals surface area contributed by atoms with E-state index in [-0.39, 0.29) is 86.8 Å². The van der Waals surface area contributed by atoms with Crippen molar-refractivity contribution in [2.45, 2.75) is 37.6 Å². The Morgan fingerprint density at radius 1 is 1.31 bits per heavy atom. The quantitative estimate of drug-likeness (QED) is 0.495. The number of ether oxygens (including phenoxy) is 2. The summed E-state index contributed by atoms with van der Waals surface area (Å²) >= 11 is 6.45. The van der Waals surface area contributed by atoms with E-state index >= 15 is 0 Å². The van der Waals surface area contributed by atoms with Crippen LogP contribution in [0.5, 0.6) is 5.75 Å². The Balaban J connectivity index is 0.00000243. The molecule has 1 fully saturated rings. The van der Waals surface area contributed by atoms with E-state index in [0.29, 0.717) is 19.4 Å². The summed E-state index contributed by atoms with van der Waals surface area (Å²) in [5.74, 6) is 0.864. The van der Waals surface area contributed by atoms with Gasteiger partial charge in [-0.15, -0.1) is 15.7 Å². The van der Waals surface area contributed by atoms with Crippen molar-refractivity contribution in [3.8, 4) is 5.75 Å². The van der Waals surface area contributed by atoms with Crippen LogP contribution in [0.25, 0.3) is 0 Å². The zero-order chi connectivity index (χ0) is 17.8. The molecular formula is C20H23ClCsO3P. The molecule has 4 atom stereocenters. The predicted octanol–water partition coefficient (Wildman–Crippen LogP) is 2.08. The summed E-state index contributed by atoms with van der Waals surface area (Å²) in [5, 5.41) is 10.6. The fourth-order valence-corrected chi connectivity index (χ4v) is 3.85. The first-order valence-electron chi connectivity index (χ1n) is 8.51. The molecule has 0 bridgehead atoms. The molecule has 0 radical (unpaired) electrons. The van der Waals surface area contributed by atoms with E-state index in [1.165, 1.54) is 0 Å². The van der Waals surface area contributed by atoms with Gasteiger partial charge in [0, 0.05) is 16.8 Å². The molecule has 2 aromatic carbocycles. The van der Waals surface area contributed by atoms with Crippen LogP contribution in [0.1, 0.15) is 48.2 Å². The molecule has 3 nitrogen and oxygen atoms in total. The normalized spacial score (nSPS) is 20.9. The molecule has 6 heteroatoms. The van der Waals surface area contributed by atoms with E-state index in [1.54, 1.807) is 6.61 Å². The second-order valence-corrected chi connectivity index (χ2v) is 7.25. The molecule has 3 rings (SSSR count). The first kappa shape index (κ1) is 23.2. The summed E-state index contributed by atoms with van der Waals surface area (Å²) in [5.41, 5.74) is 3.27. The van der Waals surface area contributed by atoms with Crippen molar-refractivity contribution in [3.63, 3.8) is 0 Å². The predicted molar refractivity (Wildman–Crippen MR) is 104 cm³/mol. The van der Waals surface area contributed by atoms with E-state index in [2.05, 4.69) is 27.4 Å². The number of benzene rings is 2. The minimum Gasteiger partial charge on any atom is -0.546 e. The van der Waals surface area contributed by atoms with Crippen LogP contribution in [0.15, 0.2) is 42.5 Å². The van der Waals surface area contributed by atoms with Crippen LogP contribution in [0.4, 0.5) is 0 Å². The monoisotopic (exact) mass is 510 g/mol. The largest absolute Gasteiger partial charge is 1.00 e. The Morgan fingerprint density at radius 2 is 2.04 bits per heavy atom. The van der Waals surface area contributed by atoms with Crippen molar-refractivity contribution in [2.75, 3.05) is 6.61 Å². The van der Waals surface area contributed by atoms with Gasteiger partial charge in [-0.2, -0.15) is 0 Å². The molecule has 0 spiro atoms. The average Bonchev–Trinajstić information content (AvgIpc) is 2.62. The SMILES string of the molecule is CCOc1ccc(C(P)c2cc([C@H]3CC(O)C[CH-]O3)ccc2Cl)cc1.[Cs+]. The van der Waals surface area contributed by atoms with Crippen LogP contribution in [0, 0.1) is 6.61 Å². The molecule has 1 saturated heterocycles. The smallest absolute Gasteiger partial charge is 0.546 e. The maximum atomic E-state index is 9.87. The molecule has 0 saturated carbocycles. The molecule has 26 heavy (non-hydrogen) atoms. The fraction of sp³-hybridized carbons (Fsp3) is 0.350. The summed E-state index contributed by atoms with van der Waals surface area (Å²) in [6, 6.07) is 14.0. The number of rotatable bonds is 5. The fourth-order valence-electron chi connectivity index (χ4n) is 3.01. The van der Waals surface area contributed by atoms with Crippen molar-refractivity contribution in [1.82, 2.24) is 0 Å². The third-order valence-electron chi connectivity index (χ3n) is 4.39. The van der Waals surface area contributed by atoms with Gasteiger partial charge in [0.05, 0.1) is 12.7 Å². The molecule has 0 aromatic heterocycles. The molecule has 134 valence electrons. The van der Waals surface area contributed by atoms with E-state index in [0.717, 1.165) is 27.5 Å². The van der Waals surface area contributed by atoms with Gasteiger partial charge in [0.25, 0.3) is 0 Å². The summed E-state index contributed by atoms with van der Waals surface area (Å²) in [6.45, 7) is 4.32. The van der Waals surface area contributed by atoms with Crippen LogP contribution >= 0.6 is 20.8 Å². The zero-order valence-electron chi connectivity index (χ0n) is 15.2. The number of aliphatic hydroxyl groups excluding tert-OH is 1. The standard InChI is InChI=1S/C20H23ClO3P.Cs/c1-2-23-16-6-3-13(4-7-16)20(25)17-11-14(5-8-18(17)21)19-12-15(22)9-10-24-19;/h3-8,10-11,15,19-20,22H,2,9,12,25H2,1H3;/q-1;+1/t15?,19-,20?;/m1./s1. The van der Waals surface area contributed by atoms with Gasteiger partial charge in [-0.1, -0.05) is 35.9 Å². The Labute approximate surface area is 221 Å². The number of hydrogen-bond acceptors (Lipinski definition) is 3. The Bertz CT molecular complexity index is 711. The molecule has 0 aliphatic carbocycles. The molecule has 1 heterocycles. The Kier molecular flexibility index (Phi) is 10.0. The van der Waals surface area contributed by atoms with Gasteiger partial charge in [0.15, 0.2) is 0 Å². The van der Waals surface area contributed by atoms with E-state index in [4.69, 9.17) is 21.1 Å².